The van der Waals surface area contributed by atoms with E-state index in [2.05, 4.69) is 15.9 Å². The molecule has 0 aliphatic heterocycles. The molecule has 0 spiro atoms. The Labute approximate surface area is 122 Å². The minimum Gasteiger partial charge on any atom is -0.318 e. The van der Waals surface area contributed by atoms with Crippen molar-refractivity contribution in [1.82, 2.24) is 4.57 Å². The standard InChI is InChI=1S/C14H11BrF3NO/c1-8-5-10(7-20)9(2)19(8)11-3-4-13(15)12(6-11)14(16,17)18/h3-7H,1-2H3. The minimum atomic E-state index is -4.43. The van der Waals surface area contributed by atoms with Crippen molar-refractivity contribution in [2.24, 2.45) is 0 Å². The summed E-state index contributed by atoms with van der Waals surface area (Å²) in [4.78, 5) is 10.9. The van der Waals surface area contributed by atoms with Crippen molar-refractivity contribution in [1.29, 1.82) is 0 Å². The minimum absolute atomic E-state index is 0.00757. The lowest BCUT2D eigenvalue weighted by molar-refractivity contribution is -0.138. The zero-order valence-electron chi connectivity index (χ0n) is 10.8. The highest BCUT2D eigenvalue weighted by Crippen LogP contribution is 2.36. The highest BCUT2D eigenvalue weighted by Gasteiger charge is 2.33. The number of rotatable bonds is 2. The van der Waals surface area contributed by atoms with Gasteiger partial charge in [-0.3, -0.25) is 4.79 Å². The third-order valence-corrected chi connectivity index (χ3v) is 3.80. The van der Waals surface area contributed by atoms with E-state index in [1.165, 1.54) is 6.07 Å². The second kappa shape index (κ2) is 5.09. The molecule has 20 heavy (non-hydrogen) atoms. The Balaban J connectivity index is 2.66. The van der Waals surface area contributed by atoms with Crippen LogP contribution in [0.3, 0.4) is 0 Å². The smallest absolute Gasteiger partial charge is 0.318 e. The van der Waals surface area contributed by atoms with E-state index >= 15 is 0 Å². The summed E-state index contributed by atoms with van der Waals surface area (Å²) in [6.45, 7) is 3.45. The molecule has 6 heteroatoms. The maximum atomic E-state index is 12.9. The molecule has 1 aromatic carbocycles. The number of nitrogens with zero attached hydrogens (tertiary/aromatic N) is 1. The number of benzene rings is 1. The molecule has 1 heterocycles. The first-order chi connectivity index (χ1) is 9.25. The van der Waals surface area contributed by atoms with Gasteiger partial charge in [-0.2, -0.15) is 13.2 Å². The molecule has 0 bridgehead atoms. The van der Waals surface area contributed by atoms with E-state index in [0.29, 0.717) is 28.9 Å². The highest BCUT2D eigenvalue weighted by atomic mass is 79.9. The molecular formula is C14H11BrF3NO. The number of aryl methyl sites for hydroxylation is 1. The van der Waals surface area contributed by atoms with Crippen LogP contribution < -0.4 is 0 Å². The molecule has 0 unspecified atom stereocenters. The van der Waals surface area contributed by atoms with Gasteiger partial charge >= 0.3 is 6.18 Å². The summed E-state index contributed by atoms with van der Waals surface area (Å²) in [5, 5.41) is 0. The first-order valence-electron chi connectivity index (χ1n) is 5.77. The van der Waals surface area contributed by atoms with Crippen molar-refractivity contribution in [3.05, 3.63) is 51.3 Å². The fourth-order valence-electron chi connectivity index (χ4n) is 2.17. The summed E-state index contributed by atoms with van der Waals surface area (Å²) in [5.74, 6) is 0. The van der Waals surface area contributed by atoms with Gasteiger partial charge in [0.1, 0.15) is 0 Å². The van der Waals surface area contributed by atoms with Gasteiger partial charge in [-0.25, -0.2) is 0 Å². The van der Waals surface area contributed by atoms with Crippen LogP contribution in [0.15, 0.2) is 28.7 Å². The van der Waals surface area contributed by atoms with Gasteiger partial charge < -0.3 is 4.57 Å². The lowest BCUT2D eigenvalue weighted by Gasteiger charge is -2.14. The SMILES string of the molecule is Cc1cc(C=O)c(C)n1-c1ccc(Br)c(C(F)(F)F)c1. The zero-order chi connectivity index (χ0) is 15.1. The molecule has 0 saturated carbocycles. The fourth-order valence-corrected chi connectivity index (χ4v) is 2.65. The molecule has 2 aromatic rings. The van der Waals surface area contributed by atoms with Crippen LogP contribution in [0.4, 0.5) is 13.2 Å². The molecule has 2 nitrogen and oxygen atoms in total. The van der Waals surface area contributed by atoms with Gasteiger partial charge in [-0.1, -0.05) is 15.9 Å². The molecule has 0 aliphatic rings. The van der Waals surface area contributed by atoms with Gasteiger partial charge in [-0.15, -0.1) is 0 Å². The lowest BCUT2D eigenvalue weighted by atomic mass is 10.2. The zero-order valence-corrected chi connectivity index (χ0v) is 12.3. The average molecular weight is 346 g/mol. The number of carbonyl (C=O) groups excluding carboxylic acids is 1. The molecular weight excluding hydrogens is 335 g/mol. The third kappa shape index (κ3) is 2.52. The summed E-state index contributed by atoms with van der Waals surface area (Å²) < 4.78 is 40.4. The Morgan fingerprint density at radius 1 is 1.20 bits per heavy atom. The Morgan fingerprint density at radius 2 is 1.85 bits per heavy atom. The number of alkyl halides is 3. The van der Waals surface area contributed by atoms with Gasteiger partial charge in [0.05, 0.1) is 5.56 Å². The number of aldehydes is 1. The van der Waals surface area contributed by atoms with Crippen molar-refractivity contribution < 1.29 is 18.0 Å². The van der Waals surface area contributed by atoms with Crippen LogP contribution in [-0.4, -0.2) is 10.9 Å². The van der Waals surface area contributed by atoms with Crippen LogP contribution >= 0.6 is 15.9 Å². The summed E-state index contributed by atoms with van der Waals surface area (Å²) in [5.41, 5.74) is 1.44. The Bertz CT molecular complexity index is 674. The summed E-state index contributed by atoms with van der Waals surface area (Å²) in [6.07, 6.45) is -3.74. The number of hydrogen-bond donors (Lipinski definition) is 0. The van der Waals surface area contributed by atoms with E-state index in [1.807, 2.05) is 0 Å². The normalized spacial score (nSPS) is 11.7. The Hall–Kier alpha value is -1.56. The van der Waals surface area contributed by atoms with Crippen molar-refractivity contribution in [3.8, 4) is 5.69 Å². The van der Waals surface area contributed by atoms with Crippen LogP contribution in [-0.2, 0) is 6.18 Å². The molecule has 0 saturated heterocycles. The maximum absolute atomic E-state index is 12.9. The Morgan fingerprint density at radius 3 is 2.35 bits per heavy atom. The molecule has 0 atom stereocenters. The first-order valence-corrected chi connectivity index (χ1v) is 6.56. The molecule has 0 N–H and O–H groups in total. The van der Waals surface area contributed by atoms with Crippen LogP contribution in [0.5, 0.6) is 0 Å². The number of carbonyl (C=O) groups is 1. The second-order valence-corrected chi connectivity index (χ2v) is 5.30. The topological polar surface area (TPSA) is 22.0 Å². The predicted octanol–water partition coefficient (Wildman–Crippen LogP) is 4.69. The van der Waals surface area contributed by atoms with E-state index in [9.17, 15) is 18.0 Å². The molecule has 106 valence electrons. The van der Waals surface area contributed by atoms with E-state index < -0.39 is 11.7 Å². The number of halogens is 4. The van der Waals surface area contributed by atoms with Crippen molar-refractivity contribution >= 4 is 22.2 Å². The summed E-state index contributed by atoms with van der Waals surface area (Å²) in [6, 6.07) is 5.65. The quantitative estimate of drug-likeness (QED) is 0.724. The maximum Gasteiger partial charge on any atom is 0.417 e. The van der Waals surface area contributed by atoms with Gasteiger partial charge in [0.15, 0.2) is 6.29 Å². The van der Waals surface area contributed by atoms with Crippen LogP contribution in [0.25, 0.3) is 5.69 Å². The van der Waals surface area contributed by atoms with Gasteiger partial charge in [0, 0.05) is 27.1 Å². The largest absolute Gasteiger partial charge is 0.417 e. The van der Waals surface area contributed by atoms with Crippen molar-refractivity contribution in [2.45, 2.75) is 20.0 Å². The summed E-state index contributed by atoms with van der Waals surface area (Å²) in [7, 11) is 0. The summed E-state index contributed by atoms with van der Waals surface area (Å²) >= 11 is 2.91. The number of hydrogen-bond acceptors (Lipinski definition) is 1. The third-order valence-electron chi connectivity index (χ3n) is 3.11. The number of aromatic nitrogens is 1. The van der Waals surface area contributed by atoms with E-state index in [1.54, 1.807) is 30.5 Å². The molecule has 2 rings (SSSR count). The molecule has 0 fully saturated rings. The van der Waals surface area contributed by atoms with Crippen molar-refractivity contribution in [2.75, 3.05) is 0 Å². The van der Waals surface area contributed by atoms with Crippen molar-refractivity contribution in [3.63, 3.8) is 0 Å². The van der Waals surface area contributed by atoms with Crippen LogP contribution in [0.2, 0.25) is 0 Å². The first kappa shape index (κ1) is 14.8. The van der Waals surface area contributed by atoms with Crippen LogP contribution in [0, 0.1) is 13.8 Å². The average Bonchev–Trinajstić information content (AvgIpc) is 2.64. The van der Waals surface area contributed by atoms with Crippen LogP contribution in [0.1, 0.15) is 27.3 Å². The Kier molecular flexibility index (Phi) is 3.77. The fraction of sp³-hybridized carbons (Fsp3) is 0.214. The van der Waals surface area contributed by atoms with Gasteiger partial charge in [-0.05, 0) is 38.1 Å². The molecule has 0 radical (unpaired) electrons. The molecule has 0 aliphatic carbocycles. The monoisotopic (exact) mass is 345 g/mol. The lowest BCUT2D eigenvalue weighted by Crippen LogP contribution is -2.08. The van der Waals surface area contributed by atoms with Gasteiger partial charge in [0.25, 0.3) is 0 Å². The van der Waals surface area contributed by atoms with E-state index in [0.717, 1.165) is 6.07 Å². The van der Waals surface area contributed by atoms with Gasteiger partial charge in [0.2, 0.25) is 0 Å². The molecule has 0 amide bonds. The van der Waals surface area contributed by atoms with E-state index in [-0.39, 0.29) is 4.47 Å². The van der Waals surface area contributed by atoms with E-state index in [4.69, 9.17) is 0 Å². The second-order valence-electron chi connectivity index (χ2n) is 4.44. The predicted molar refractivity (Wildman–Crippen MR) is 73.3 cm³/mol. The highest BCUT2D eigenvalue weighted by molar-refractivity contribution is 9.10. The molecule has 1 aromatic heterocycles.